The first kappa shape index (κ1) is 9.65. The van der Waals surface area contributed by atoms with Crippen LogP contribution in [0.4, 0.5) is 0 Å². The Morgan fingerprint density at radius 1 is 1.43 bits per heavy atom. The van der Waals surface area contributed by atoms with Crippen LogP contribution in [0.5, 0.6) is 0 Å². The zero-order chi connectivity index (χ0) is 9.97. The van der Waals surface area contributed by atoms with Crippen molar-refractivity contribution in [2.24, 2.45) is 5.73 Å². The van der Waals surface area contributed by atoms with E-state index in [0.717, 1.165) is 0 Å². The highest BCUT2D eigenvalue weighted by Crippen LogP contribution is 2.28. The number of rotatable bonds is 3. The Hall–Kier alpha value is -0.900. The second-order valence-electron chi connectivity index (χ2n) is 3.25. The van der Waals surface area contributed by atoms with Gasteiger partial charge in [0.1, 0.15) is 0 Å². The number of benzene rings is 1. The number of ether oxygens (including phenoxy) is 1. The summed E-state index contributed by atoms with van der Waals surface area (Å²) < 4.78 is 6.32. The quantitative estimate of drug-likeness (QED) is 0.839. The van der Waals surface area contributed by atoms with Crippen molar-refractivity contribution >= 4 is 21.4 Å². The van der Waals surface area contributed by atoms with Crippen LogP contribution in [0.3, 0.4) is 0 Å². The summed E-state index contributed by atoms with van der Waals surface area (Å²) in [4.78, 5) is 1.19. The van der Waals surface area contributed by atoms with Crippen LogP contribution in [0.1, 0.15) is 10.9 Å². The van der Waals surface area contributed by atoms with Crippen LogP contribution in [-0.4, -0.2) is 13.7 Å². The zero-order valence-corrected chi connectivity index (χ0v) is 8.88. The first-order valence-corrected chi connectivity index (χ1v) is 5.36. The fourth-order valence-corrected chi connectivity index (χ4v) is 2.50. The van der Waals surface area contributed by atoms with Gasteiger partial charge in [-0.15, -0.1) is 11.3 Å². The number of hydrogen-bond acceptors (Lipinski definition) is 3. The van der Waals surface area contributed by atoms with Crippen molar-refractivity contribution in [3.63, 3.8) is 0 Å². The third kappa shape index (κ3) is 1.80. The highest BCUT2D eigenvalue weighted by Gasteiger charge is 2.08. The van der Waals surface area contributed by atoms with Crippen molar-refractivity contribution in [3.05, 3.63) is 35.2 Å². The van der Waals surface area contributed by atoms with E-state index in [2.05, 4.69) is 18.2 Å². The van der Waals surface area contributed by atoms with E-state index in [1.807, 2.05) is 12.1 Å². The van der Waals surface area contributed by atoms with Crippen LogP contribution in [0, 0.1) is 0 Å². The summed E-state index contributed by atoms with van der Waals surface area (Å²) in [5.74, 6) is 0. The van der Waals surface area contributed by atoms with Crippen molar-refractivity contribution in [1.29, 1.82) is 0 Å². The van der Waals surface area contributed by atoms with E-state index in [0.29, 0.717) is 6.61 Å². The van der Waals surface area contributed by atoms with Gasteiger partial charge >= 0.3 is 0 Å². The number of thiophene rings is 1. The largest absolute Gasteiger partial charge is 0.383 e. The van der Waals surface area contributed by atoms with Crippen LogP contribution in [-0.2, 0) is 4.74 Å². The second kappa shape index (κ2) is 4.09. The standard InChI is InChI=1S/C11H13NOS/c1-13-7-9(12)11-6-8-4-2-3-5-10(8)14-11/h2-6,9H,7,12H2,1H3. The van der Waals surface area contributed by atoms with E-state index in [-0.39, 0.29) is 6.04 Å². The number of hydrogen-bond donors (Lipinski definition) is 1. The summed E-state index contributed by atoms with van der Waals surface area (Å²) in [6, 6.07) is 10.4. The van der Waals surface area contributed by atoms with Crippen molar-refractivity contribution in [3.8, 4) is 0 Å². The monoisotopic (exact) mass is 207 g/mol. The SMILES string of the molecule is COCC(N)c1cc2ccccc2s1. The van der Waals surface area contributed by atoms with Crippen LogP contribution in [0.25, 0.3) is 10.1 Å². The van der Waals surface area contributed by atoms with Crippen molar-refractivity contribution in [2.45, 2.75) is 6.04 Å². The summed E-state index contributed by atoms with van der Waals surface area (Å²) in [7, 11) is 1.67. The molecule has 1 heterocycles. The van der Waals surface area contributed by atoms with Crippen LogP contribution >= 0.6 is 11.3 Å². The fourth-order valence-electron chi connectivity index (χ4n) is 1.45. The average Bonchev–Trinajstić information content (AvgIpc) is 2.61. The van der Waals surface area contributed by atoms with Gasteiger partial charge in [-0.1, -0.05) is 18.2 Å². The molecule has 14 heavy (non-hydrogen) atoms. The number of methoxy groups -OCH3 is 1. The first-order chi connectivity index (χ1) is 6.81. The molecule has 1 aromatic heterocycles. The van der Waals surface area contributed by atoms with Gasteiger partial charge < -0.3 is 10.5 Å². The lowest BCUT2D eigenvalue weighted by Gasteiger charge is -2.06. The van der Waals surface area contributed by atoms with Crippen molar-refractivity contribution in [1.82, 2.24) is 0 Å². The molecule has 2 rings (SSSR count). The maximum atomic E-state index is 5.95. The van der Waals surface area contributed by atoms with Gasteiger partial charge in [-0.05, 0) is 17.5 Å². The Morgan fingerprint density at radius 3 is 2.93 bits per heavy atom. The predicted molar refractivity (Wildman–Crippen MR) is 60.6 cm³/mol. The van der Waals surface area contributed by atoms with Gasteiger partial charge in [-0.3, -0.25) is 0 Å². The molecule has 1 atom stereocenters. The Morgan fingerprint density at radius 2 is 2.21 bits per heavy atom. The van der Waals surface area contributed by atoms with Crippen LogP contribution < -0.4 is 5.73 Å². The molecule has 2 N–H and O–H groups in total. The molecule has 3 heteroatoms. The Bertz CT molecular complexity index is 391. The van der Waals surface area contributed by atoms with Crippen molar-refractivity contribution < 1.29 is 4.74 Å². The molecule has 2 nitrogen and oxygen atoms in total. The summed E-state index contributed by atoms with van der Waals surface area (Å²) in [6.45, 7) is 0.576. The third-order valence-corrected chi connectivity index (χ3v) is 3.40. The van der Waals surface area contributed by atoms with E-state index < -0.39 is 0 Å². The van der Waals surface area contributed by atoms with Gasteiger partial charge in [0.25, 0.3) is 0 Å². The summed E-state index contributed by atoms with van der Waals surface area (Å²) >= 11 is 1.74. The fraction of sp³-hybridized carbons (Fsp3) is 0.273. The Balaban J connectivity index is 2.35. The second-order valence-corrected chi connectivity index (χ2v) is 4.36. The summed E-state index contributed by atoms with van der Waals surface area (Å²) in [6.07, 6.45) is 0. The molecule has 1 aromatic carbocycles. The zero-order valence-electron chi connectivity index (χ0n) is 8.07. The lowest BCUT2D eigenvalue weighted by atomic mass is 10.2. The molecule has 0 saturated carbocycles. The van der Waals surface area contributed by atoms with E-state index >= 15 is 0 Å². The molecule has 2 aromatic rings. The van der Waals surface area contributed by atoms with Gasteiger partial charge in [-0.2, -0.15) is 0 Å². The van der Waals surface area contributed by atoms with Crippen LogP contribution in [0.2, 0.25) is 0 Å². The van der Waals surface area contributed by atoms with Gasteiger partial charge in [0, 0.05) is 16.7 Å². The molecule has 0 aliphatic carbocycles. The predicted octanol–water partition coefficient (Wildman–Crippen LogP) is 2.55. The van der Waals surface area contributed by atoms with E-state index in [9.17, 15) is 0 Å². The normalized spacial score (nSPS) is 13.3. The lowest BCUT2D eigenvalue weighted by molar-refractivity contribution is 0.182. The first-order valence-electron chi connectivity index (χ1n) is 4.54. The molecule has 0 radical (unpaired) electrons. The minimum absolute atomic E-state index is 0.00241. The minimum Gasteiger partial charge on any atom is -0.383 e. The van der Waals surface area contributed by atoms with Gasteiger partial charge in [0.2, 0.25) is 0 Å². The van der Waals surface area contributed by atoms with Gasteiger partial charge in [0.15, 0.2) is 0 Å². The highest BCUT2D eigenvalue weighted by molar-refractivity contribution is 7.19. The molecule has 0 fully saturated rings. The average molecular weight is 207 g/mol. The highest BCUT2D eigenvalue weighted by atomic mass is 32.1. The van der Waals surface area contributed by atoms with Crippen molar-refractivity contribution in [2.75, 3.05) is 13.7 Å². The maximum Gasteiger partial charge on any atom is 0.0663 e. The van der Waals surface area contributed by atoms with E-state index in [1.54, 1.807) is 18.4 Å². The third-order valence-electron chi connectivity index (χ3n) is 2.16. The lowest BCUT2D eigenvalue weighted by Crippen LogP contribution is -2.14. The molecule has 74 valence electrons. The maximum absolute atomic E-state index is 5.95. The molecule has 0 aliphatic heterocycles. The Labute approximate surface area is 87.3 Å². The summed E-state index contributed by atoms with van der Waals surface area (Å²) in [5, 5.41) is 1.26. The molecular weight excluding hydrogens is 194 g/mol. The van der Waals surface area contributed by atoms with E-state index in [4.69, 9.17) is 10.5 Å². The molecule has 0 spiro atoms. The Kier molecular flexibility index (Phi) is 2.82. The molecule has 0 aliphatic rings. The topological polar surface area (TPSA) is 35.2 Å². The van der Waals surface area contributed by atoms with Gasteiger partial charge in [-0.25, -0.2) is 0 Å². The number of nitrogens with two attached hydrogens (primary N) is 1. The molecule has 0 saturated heterocycles. The van der Waals surface area contributed by atoms with Gasteiger partial charge in [0.05, 0.1) is 12.6 Å². The summed E-state index contributed by atoms with van der Waals surface area (Å²) in [5.41, 5.74) is 5.95. The van der Waals surface area contributed by atoms with Crippen LogP contribution in [0.15, 0.2) is 30.3 Å². The molecule has 0 bridgehead atoms. The molecule has 1 unspecified atom stereocenters. The molecular formula is C11H13NOS. The minimum atomic E-state index is -0.00241. The van der Waals surface area contributed by atoms with E-state index in [1.165, 1.54) is 15.0 Å². The number of fused-ring (bicyclic) bond motifs is 1. The smallest absolute Gasteiger partial charge is 0.0663 e. The molecule has 0 amide bonds.